The molecule has 0 atom stereocenters. The van der Waals surface area contributed by atoms with Gasteiger partial charge in [-0.2, -0.15) is 5.10 Å². The number of hydrogen-bond acceptors (Lipinski definition) is 5. The van der Waals surface area contributed by atoms with Gasteiger partial charge in [0, 0.05) is 11.1 Å². The lowest BCUT2D eigenvalue weighted by molar-refractivity contribution is -0.118. The molecule has 0 unspecified atom stereocenters. The second-order valence-corrected chi connectivity index (χ2v) is 6.62. The number of hydrogen-bond donors (Lipinski definition) is 2. The van der Waals surface area contributed by atoms with Crippen molar-refractivity contribution in [2.24, 2.45) is 5.10 Å². The predicted molar refractivity (Wildman–Crippen MR) is 118 cm³/mol. The van der Waals surface area contributed by atoms with Gasteiger partial charge in [-0.3, -0.25) is 9.59 Å². The van der Waals surface area contributed by atoms with Crippen molar-refractivity contribution in [2.45, 2.75) is 0 Å². The first-order valence-electron chi connectivity index (χ1n) is 9.57. The average molecular weight is 413 g/mol. The molecule has 2 amide bonds. The molecule has 31 heavy (non-hydrogen) atoms. The zero-order valence-corrected chi connectivity index (χ0v) is 16.4. The van der Waals surface area contributed by atoms with Crippen LogP contribution in [0.3, 0.4) is 0 Å². The molecule has 1 heterocycles. The van der Waals surface area contributed by atoms with E-state index in [-0.39, 0.29) is 18.3 Å². The summed E-state index contributed by atoms with van der Waals surface area (Å²) in [5.41, 5.74) is 4.55. The second kappa shape index (κ2) is 9.41. The van der Waals surface area contributed by atoms with Gasteiger partial charge in [0.1, 0.15) is 11.3 Å². The minimum Gasteiger partial charge on any atom is -0.484 e. The molecular formula is C24H19N3O4. The largest absolute Gasteiger partial charge is 0.484 e. The molecule has 0 saturated carbocycles. The minimum atomic E-state index is -0.433. The summed E-state index contributed by atoms with van der Waals surface area (Å²) >= 11 is 0. The number of rotatable bonds is 7. The molecule has 4 rings (SSSR count). The van der Waals surface area contributed by atoms with Crippen molar-refractivity contribution < 1.29 is 18.7 Å². The van der Waals surface area contributed by atoms with E-state index in [0.29, 0.717) is 17.0 Å². The van der Waals surface area contributed by atoms with Crippen LogP contribution in [0.2, 0.25) is 0 Å². The monoisotopic (exact) mass is 413 g/mol. The fraction of sp³-hybridized carbons (Fsp3) is 0.0417. The summed E-state index contributed by atoms with van der Waals surface area (Å²) in [7, 11) is 0. The van der Waals surface area contributed by atoms with Gasteiger partial charge in [0.2, 0.25) is 0 Å². The van der Waals surface area contributed by atoms with Crippen LogP contribution < -0.4 is 15.5 Å². The Kier molecular flexibility index (Phi) is 6.04. The molecule has 0 spiro atoms. The number of anilines is 1. The third-order valence-electron chi connectivity index (χ3n) is 4.34. The number of para-hydroxylation sites is 2. The fourth-order valence-corrected chi connectivity index (χ4v) is 2.83. The van der Waals surface area contributed by atoms with Crippen LogP contribution in [-0.2, 0) is 4.79 Å². The molecule has 154 valence electrons. The van der Waals surface area contributed by atoms with Gasteiger partial charge in [0.05, 0.1) is 6.21 Å². The number of hydrazone groups is 1. The Bertz CT molecular complexity index is 1180. The summed E-state index contributed by atoms with van der Waals surface area (Å²) in [4.78, 5) is 24.1. The molecule has 0 fully saturated rings. The van der Waals surface area contributed by atoms with E-state index in [9.17, 15) is 9.59 Å². The van der Waals surface area contributed by atoms with Crippen molar-refractivity contribution in [3.05, 3.63) is 96.3 Å². The SMILES string of the molecule is O=C(COc1ccc(/C=N/NC(=O)c2cc3ccccc3o2)cc1)Nc1ccccc1. The smallest absolute Gasteiger partial charge is 0.307 e. The van der Waals surface area contributed by atoms with Crippen LogP contribution in [0.1, 0.15) is 16.1 Å². The first-order valence-corrected chi connectivity index (χ1v) is 9.57. The van der Waals surface area contributed by atoms with Crippen LogP contribution in [0.25, 0.3) is 11.0 Å². The Balaban J connectivity index is 1.26. The molecule has 0 aliphatic carbocycles. The van der Waals surface area contributed by atoms with Crippen molar-refractivity contribution >= 4 is 34.7 Å². The molecule has 7 nitrogen and oxygen atoms in total. The molecule has 1 aromatic heterocycles. The number of nitrogens with one attached hydrogen (secondary N) is 2. The molecular weight excluding hydrogens is 394 g/mol. The van der Waals surface area contributed by atoms with E-state index in [1.54, 1.807) is 48.5 Å². The molecule has 0 aliphatic rings. The van der Waals surface area contributed by atoms with E-state index in [0.717, 1.165) is 10.9 Å². The highest BCUT2D eigenvalue weighted by molar-refractivity contribution is 5.96. The first kappa shape index (κ1) is 19.9. The summed E-state index contributed by atoms with van der Waals surface area (Å²) in [6, 6.07) is 25.2. The molecule has 0 saturated heterocycles. The number of nitrogens with zero attached hydrogens (tertiary/aromatic N) is 1. The van der Waals surface area contributed by atoms with E-state index in [4.69, 9.17) is 9.15 Å². The van der Waals surface area contributed by atoms with Gasteiger partial charge in [-0.25, -0.2) is 5.43 Å². The third kappa shape index (κ3) is 5.36. The highest BCUT2D eigenvalue weighted by atomic mass is 16.5. The first-order chi connectivity index (χ1) is 15.2. The molecule has 0 radical (unpaired) electrons. The quantitative estimate of drug-likeness (QED) is 0.351. The maximum atomic E-state index is 12.2. The molecule has 2 N–H and O–H groups in total. The topological polar surface area (TPSA) is 92.9 Å². The van der Waals surface area contributed by atoms with Crippen LogP contribution in [0.15, 0.2) is 94.4 Å². The third-order valence-corrected chi connectivity index (χ3v) is 4.34. The summed E-state index contributed by atoms with van der Waals surface area (Å²) in [6.07, 6.45) is 1.51. The molecule has 0 aliphatic heterocycles. The number of carbonyl (C=O) groups excluding carboxylic acids is 2. The summed E-state index contributed by atoms with van der Waals surface area (Å²) in [6.45, 7) is -0.101. The number of amides is 2. The lowest BCUT2D eigenvalue weighted by Gasteiger charge is -2.07. The van der Waals surface area contributed by atoms with E-state index >= 15 is 0 Å². The van der Waals surface area contributed by atoms with E-state index in [1.165, 1.54) is 6.21 Å². The number of ether oxygens (including phenoxy) is 1. The summed E-state index contributed by atoms with van der Waals surface area (Å²) in [5.74, 6) is 0.0597. The Morgan fingerprint density at radius 2 is 1.68 bits per heavy atom. The normalized spacial score (nSPS) is 10.8. The van der Waals surface area contributed by atoms with Gasteiger partial charge < -0.3 is 14.5 Å². The number of fused-ring (bicyclic) bond motifs is 1. The minimum absolute atomic E-state index is 0.101. The standard InChI is InChI=1S/C24H19N3O4/c28-23(26-19-7-2-1-3-8-19)16-30-20-12-10-17(11-13-20)15-25-27-24(29)22-14-18-6-4-5-9-21(18)31-22/h1-15H,16H2,(H,26,28)(H,27,29)/b25-15+. The van der Waals surface area contributed by atoms with E-state index in [1.807, 2.05) is 36.4 Å². The summed E-state index contributed by atoms with van der Waals surface area (Å²) in [5, 5.41) is 7.55. The fourth-order valence-electron chi connectivity index (χ4n) is 2.83. The van der Waals surface area contributed by atoms with Crippen molar-refractivity contribution in [1.29, 1.82) is 0 Å². The molecule has 7 heteroatoms. The van der Waals surface area contributed by atoms with Crippen LogP contribution in [0.5, 0.6) is 5.75 Å². The molecule has 0 bridgehead atoms. The van der Waals surface area contributed by atoms with Crippen LogP contribution in [-0.4, -0.2) is 24.6 Å². The predicted octanol–water partition coefficient (Wildman–Crippen LogP) is 4.21. The van der Waals surface area contributed by atoms with Crippen molar-refractivity contribution in [1.82, 2.24) is 5.43 Å². The zero-order chi connectivity index (χ0) is 21.5. The van der Waals surface area contributed by atoms with Gasteiger partial charge in [-0.15, -0.1) is 0 Å². The van der Waals surface area contributed by atoms with Crippen LogP contribution in [0, 0.1) is 0 Å². The average Bonchev–Trinajstić information content (AvgIpc) is 3.24. The highest BCUT2D eigenvalue weighted by Gasteiger charge is 2.10. The Morgan fingerprint density at radius 3 is 2.45 bits per heavy atom. The number of furan rings is 1. The van der Waals surface area contributed by atoms with E-state index < -0.39 is 5.91 Å². The molecule has 3 aromatic carbocycles. The van der Waals surface area contributed by atoms with Gasteiger partial charge >= 0.3 is 5.91 Å². The van der Waals surface area contributed by atoms with Crippen molar-refractivity contribution in [3.63, 3.8) is 0 Å². The maximum Gasteiger partial charge on any atom is 0.307 e. The Hall–Kier alpha value is -4.39. The molecule has 4 aromatic rings. The number of carbonyl (C=O) groups is 2. The van der Waals surface area contributed by atoms with E-state index in [2.05, 4.69) is 15.8 Å². The van der Waals surface area contributed by atoms with Crippen LogP contribution in [0.4, 0.5) is 5.69 Å². The van der Waals surface area contributed by atoms with Gasteiger partial charge in [-0.1, -0.05) is 36.4 Å². The lowest BCUT2D eigenvalue weighted by atomic mass is 10.2. The van der Waals surface area contributed by atoms with Crippen molar-refractivity contribution in [2.75, 3.05) is 11.9 Å². The van der Waals surface area contributed by atoms with Gasteiger partial charge in [0.15, 0.2) is 12.4 Å². The maximum absolute atomic E-state index is 12.2. The second-order valence-electron chi connectivity index (χ2n) is 6.62. The van der Waals surface area contributed by atoms with Gasteiger partial charge in [0.25, 0.3) is 5.91 Å². The van der Waals surface area contributed by atoms with Crippen LogP contribution >= 0.6 is 0 Å². The Morgan fingerprint density at radius 1 is 0.935 bits per heavy atom. The summed E-state index contributed by atoms with van der Waals surface area (Å²) < 4.78 is 11.0. The highest BCUT2D eigenvalue weighted by Crippen LogP contribution is 2.18. The number of benzene rings is 3. The van der Waals surface area contributed by atoms with Crippen molar-refractivity contribution in [3.8, 4) is 5.75 Å². The van der Waals surface area contributed by atoms with Gasteiger partial charge in [-0.05, 0) is 54.1 Å². The Labute approximate surface area is 178 Å². The zero-order valence-electron chi connectivity index (χ0n) is 16.4. The lowest BCUT2D eigenvalue weighted by Crippen LogP contribution is -2.20.